The van der Waals surface area contributed by atoms with E-state index in [4.69, 9.17) is 0 Å². The fourth-order valence-corrected chi connectivity index (χ4v) is 2.39. The Labute approximate surface area is 128 Å². The number of nitrogens with zero attached hydrogens (tertiary/aromatic N) is 1. The van der Waals surface area contributed by atoms with Crippen molar-refractivity contribution in [1.82, 2.24) is 4.98 Å². The normalized spacial score (nSPS) is 11.4. The van der Waals surface area contributed by atoms with Crippen molar-refractivity contribution < 1.29 is 9.90 Å². The number of fused-ring (bicyclic) bond motifs is 1. The highest BCUT2D eigenvalue weighted by molar-refractivity contribution is 6.03. The Morgan fingerprint density at radius 2 is 2.05 bits per heavy atom. The number of H-pyrrole nitrogens is 1. The maximum atomic E-state index is 11.4. The summed E-state index contributed by atoms with van der Waals surface area (Å²) >= 11 is 0. The maximum Gasteiger partial charge on any atom is 0.198 e. The summed E-state index contributed by atoms with van der Waals surface area (Å²) in [5, 5.41) is 11.0. The van der Waals surface area contributed by atoms with Gasteiger partial charge in [-0.2, -0.15) is 0 Å². The summed E-state index contributed by atoms with van der Waals surface area (Å²) in [7, 11) is 0. The molecule has 0 bridgehead atoms. The van der Waals surface area contributed by atoms with Crippen molar-refractivity contribution in [2.24, 2.45) is 4.99 Å². The van der Waals surface area contributed by atoms with Crippen LogP contribution in [0, 0.1) is 6.92 Å². The number of nitrogens with one attached hydrogen (secondary N) is 1. The summed E-state index contributed by atoms with van der Waals surface area (Å²) in [6.07, 6.45) is 1.62. The molecule has 1 heterocycles. The first-order valence-electron chi connectivity index (χ1n) is 7.01. The van der Waals surface area contributed by atoms with Crippen molar-refractivity contribution in [3.8, 4) is 5.88 Å². The molecule has 0 aliphatic rings. The number of rotatable bonds is 3. The minimum Gasteiger partial charge on any atom is -0.494 e. The molecule has 4 nitrogen and oxygen atoms in total. The number of Topliss-reactive ketones (excluding diaryl/α,β-unsaturated/α-hetero) is 1. The fourth-order valence-electron chi connectivity index (χ4n) is 2.39. The zero-order valence-corrected chi connectivity index (χ0v) is 12.4. The molecule has 22 heavy (non-hydrogen) atoms. The van der Waals surface area contributed by atoms with Gasteiger partial charge in [-0.3, -0.25) is 9.79 Å². The Balaban J connectivity index is 2.02. The summed E-state index contributed by atoms with van der Waals surface area (Å²) in [6.45, 7) is 3.53. The van der Waals surface area contributed by atoms with E-state index in [1.54, 1.807) is 24.4 Å². The highest BCUT2D eigenvalue weighted by Crippen LogP contribution is 2.27. The van der Waals surface area contributed by atoms with Crippen molar-refractivity contribution in [3.05, 3.63) is 59.2 Å². The van der Waals surface area contributed by atoms with Crippen molar-refractivity contribution >= 4 is 28.6 Å². The molecule has 0 saturated carbocycles. The first-order chi connectivity index (χ1) is 10.5. The molecule has 0 aliphatic heterocycles. The number of carbonyl (C=O) groups excluding carboxylic acids is 1. The summed E-state index contributed by atoms with van der Waals surface area (Å²) in [4.78, 5) is 18.7. The van der Waals surface area contributed by atoms with Crippen LogP contribution in [0.25, 0.3) is 10.9 Å². The van der Waals surface area contributed by atoms with Crippen LogP contribution in [-0.4, -0.2) is 22.1 Å². The number of aromatic amines is 1. The number of aliphatic imine (C=N–C) groups is 1. The van der Waals surface area contributed by atoms with Gasteiger partial charge in [-0.1, -0.05) is 23.8 Å². The molecule has 0 atom stereocenters. The average molecular weight is 292 g/mol. The van der Waals surface area contributed by atoms with Crippen molar-refractivity contribution in [2.75, 3.05) is 0 Å². The van der Waals surface area contributed by atoms with Gasteiger partial charge in [0.25, 0.3) is 0 Å². The highest BCUT2D eigenvalue weighted by Gasteiger charge is 2.08. The van der Waals surface area contributed by atoms with Gasteiger partial charge in [0, 0.05) is 22.7 Å². The maximum absolute atomic E-state index is 11.4. The quantitative estimate of drug-likeness (QED) is 0.563. The van der Waals surface area contributed by atoms with Crippen LogP contribution in [-0.2, 0) is 0 Å². The molecule has 1 aromatic heterocycles. The third-order valence-corrected chi connectivity index (χ3v) is 3.57. The monoisotopic (exact) mass is 292 g/mol. The zero-order chi connectivity index (χ0) is 15.7. The third kappa shape index (κ3) is 2.63. The Kier molecular flexibility index (Phi) is 3.51. The summed E-state index contributed by atoms with van der Waals surface area (Å²) < 4.78 is 0. The van der Waals surface area contributed by atoms with Crippen LogP contribution in [0.5, 0.6) is 5.88 Å². The molecule has 4 heteroatoms. The molecule has 0 aliphatic carbocycles. The van der Waals surface area contributed by atoms with Gasteiger partial charge in [0.2, 0.25) is 0 Å². The van der Waals surface area contributed by atoms with Gasteiger partial charge < -0.3 is 10.1 Å². The molecule has 0 fully saturated rings. The van der Waals surface area contributed by atoms with E-state index in [-0.39, 0.29) is 11.7 Å². The number of aromatic hydroxyl groups is 1. The van der Waals surface area contributed by atoms with Crippen LogP contribution in [0.15, 0.2) is 47.5 Å². The standard InChI is InChI=1S/C18H16N2O2/c1-11-6-7-17-15(8-11)16(18(22)20-17)10-19-14-5-3-4-13(9-14)12(2)21/h3-10,20,22H,1-2H3. The number of hydrogen-bond donors (Lipinski definition) is 2. The molecule has 3 rings (SSSR count). The SMILES string of the molecule is CC(=O)c1cccc(N=Cc2c(O)[nH]c3ccc(C)cc23)c1. The summed E-state index contributed by atoms with van der Waals surface area (Å²) in [6, 6.07) is 13.0. The van der Waals surface area contributed by atoms with E-state index < -0.39 is 0 Å². The molecule has 110 valence electrons. The van der Waals surface area contributed by atoms with Crippen LogP contribution in [0.1, 0.15) is 28.4 Å². The summed E-state index contributed by atoms with van der Waals surface area (Å²) in [5.41, 5.74) is 3.91. The molecule has 3 aromatic rings. The Morgan fingerprint density at radius 1 is 1.23 bits per heavy atom. The Bertz CT molecular complexity index is 891. The van der Waals surface area contributed by atoms with Crippen LogP contribution in [0.4, 0.5) is 5.69 Å². The van der Waals surface area contributed by atoms with E-state index in [1.807, 2.05) is 31.2 Å². The molecule has 0 amide bonds. The number of aromatic nitrogens is 1. The smallest absolute Gasteiger partial charge is 0.198 e. The minimum absolute atomic E-state index is 0.00242. The van der Waals surface area contributed by atoms with Crippen molar-refractivity contribution in [3.63, 3.8) is 0 Å². The van der Waals surface area contributed by atoms with Crippen molar-refractivity contribution in [1.29, 1.82) is 0 Å². The second-order valence-corrected chi connectivity index (χ2v) is 5.30. The van der Waals surface area contributed by atoms with E-state index in [0.717, 1.165) is 16.5 Å². The second kappa shape index (κ2) is 5.48. The molecule has 0 spiro atoms. The van der Waals surface area contributed by atoms with Gasteiger partial charge in [-0.25, -0.2) is 0 Å². The lowest BCUT2D eigenvalue weighted by Gasteiger charge is -1.98. The predicted octanol–water partition coefficient (Wildman–Crippen LogP) is 4.14. The third-order valence-electron chi connectivity index (χ3n) is 3.57. The molecule has 2 N–H and O–H groups in total. The van der Waals surface area contributed by atoms with Gasteiger partial charge in [-0.15, -0.1) is 0 Å². The van der Waals surface area contributed by atoms with Gasteiger partial charge in [-0.05, 0) is 38.1 Å². The number of benzene rings is 2. The van der Waals surface area contributed by atoms with E-state index >= 15 is 0 Å². The van der Waals surface area contributed by atoms with E-state index in [2.05, 4.69) is 9.98 Å². The van der Waals surface area contributed by atoms with E-state index in [1.165, 1.54) is 6.92 Å². The molecular weight excluding hydrogens is 276 g/mol. The fraction of sp³-hybridized carbons (Fsp3) is 0.111. The minimum atomic E-state index is 0.00242. The lowest BCUT2D eigenvalue weighted by molar-refractivity contribution is 0.101. The Morgan fingerprint density at radius 3 is 2.82 bits per heavy atom. The van der Waals surface area contributed by atoms with Crippen LogP contribution >= 0.6 is 0 Å². The van der Waals surface area contributed by atoms with E-state index in [9.17, 15) is 9.90 Å². The first kappa shape index (κ1) is 14.1. The predicted molar refractivity (Wildman–Crippen MR) is 88.4 cm³/mol. The lowest BCUT2D eigenvalue weighted by Crippen LogP contribution is -1.90. The van der Waals surface area contributed by atoms with Crippen molar-refractivity contribution in [2.45, 2.75) is 13.8 Å². The van der Waals surface area contributed by atoms with Crippen LogP contribution in [0.2, 0.25) is 0 Å². The molecular formula is C18H16N2O2. The highest BCUT2D eigenvalue weighted by atomic mass is 16.3. The molecule has 2 aromatic carbocycles. The summed E-state index contributed by atoms with van der Waals surface area (Å²) in [5.74, 6) is 0.0923. The van der Waals surface area contributed by atoms with Crippen LogP contribution < -0.4 is 0 Å². The van der Waals surface area contributed by atoms with E-state index in [0.29, 0.717) is 16.8 Å². The number of hydrogen-bond acceptors (Lipinski definition) is 3. The molecule has 0 unspecified atom stereocenters. The largest absolute Gasteiger partial charge is 0.494 e. The van der Waals surface area contributed by atoms with Gasteiger partial charge in [0.05, 0.1) is 11.3 Å². The number of ketones is 1. The lowest BCUT2D eigenvalue weighted by atomic mass is 10.1. The second-order valence-electron chi connectivity index (χ2n) is 5.30. The average Bonchev–Trinajstić information content (AvgIpc) is 2.80. The van der Waals surface area contributed by atoms with Gasteiger partial charge in [0.1, 0.15) is 0 Å². The number of aryl methyl sites for hydroxylation is 1. The first-order valence-corrected chi connectivity index (χ1v) is 7.01. The van der Waals surface area contributed by atoms with Crippen LogP contribution in [0.3, 0.4) is 0 Å². The zero-order valence-electron chi connectivity index (χ0n) is 12.4. The molecule has 0 radical (unpaired) electrons. The van der Waals surface area contributed by atoms with Gasteiger partial charge >= 0.3 is 0 Å². The van der Waals surface area contributed by atoms with Gasteiger partial charge in [0.15, 0.2) is 11.7 Å². The number of carbonyl (C=O) groups is 1. The molecule has 0 saturated heterocycles. The Hall–Kier alpha value is -2.88. The topological polar surface area (TPSA) is 65.4 Å².